The lowest BCUT2D eigenvalue weighted by atomic mass is 10.3. The number of methoxy groups -OCH3 is 1. The molecule has 0 atom stereocenters. The fourth-order valence-electron chi connectivity index (χ4n) is 8.60. The Labute approximate surface area is 432 Å². The molecule has 27 nitrogen and oxygen atoms in total. The van der Waals surface area contributed by atoms with Gasteiger partial charge in [-0.2, -0.15) is 0 Å². The maximum Gasteiger partial charge on any atom is 0.325 e. The Kier molecular flexibility index (Phi) is 15.5. The van der Waals surface area contributed by atoms with Crippen LogP contribution in [0, 0.1) is 0 Å². The van der Waals surface area contributed by atoms with Crippen LogP contribution in [0.5, 0.6) is 0 Å². The molecule has 0 aromatic carbocycles. The minimum atomic E-state index is -0.443. The van der Waals surface area contributed by atoms with Crippen LogP contribution < -0.4 is 26.2 Å². The van der Waals surface area contributed by atoms with Crippen LogP contribution in [0.4, 0.5) is 17.5 Å². The van der Waals surface area contributed by atoms with Gasteiger partial charge in [0.2, 0.25) is 11.8 Å². The highest BCUT2D eigenvalue weighted by Crippen LogP contribution is 2.30. The number of hydrogen-bond donors (Lipinski definition) is 2. The van der Waals surface area contributed by atoms with Gasteiger partial charge in [0, 0.05) is 57.9 Å². The van der Waals surface area contributed by atoms with Crippen molar-refractivity contribution in [2.45, 2.75) is 19.6 Å². The number of carbonyl (C=O) groups is 3. The number of amides is 2. The van der Waals surface area contributed by atoms with Crippen LogP contribution in [0.2, 0.25) is 0 Å². The van der Waals surface area contributed by atoms with Gasteiger partial charge in [-0.1, -0.05) is 18.2 Å². The van der Waals surface area contributed by atoms with E-state index < -0.39 is 11.8 Å². The molecular formula is C49H52N20O7. The molecule has 9 aromatic rings. The number of imidazole rings is 3. The first-order valence-electron chi connectivity index (χ1n) is 24.2. The number of ether oxygens (including phenoxy) is 4. The summed E-state index contributed by atoms with van der Waals surface area (Å²) in [5, 5.41) is 0. The van der Waals surface area contributed by atoms with E-state index in [2.05, 4.69) is 59.6 Å². The molecular weight excluding hydrogens is 981 g/mol. The van der Waals surface area contributed by atoms with E-state index in [1.54, 1.807) is 51.3 Å². The van der Waals surface area contributed by atoms with Gasteiger partial charge in [-0.05, 0) is 36.4 Å². The van der Waals surface area contributed by atoms with E-state index >= 15 is 0 Å². The van der Waals surface area contributed by atoms with Gasteiger partial charge in [-0.15, -0.1) is 0 Å². The normalized spacial score (nSPS) is 14.7. The topological polar surface area (TPSA) is 319 Å². The number of carbonyl (C=O) groups excluding carboxylic acids is 3. The Morgan fingerprint density at radius 3 is 1.05 bits per heavy atom. The average molecular weight is 1030 g/mol. The molecule has 0 spiro atoms. The van der Waals surface area contributed by atoms with Gasteiger partial charge in [0.25, 0.3) is 0 Å². The summed E-state index contributed by atoms with van der Waals surface area (Å²) >= 11 is 0. The van der Waals surface area contributed by atoms with Crippen LogP contribution in [0.15, 0.2) is 92.2 Å². The molecule has 0 radical (unpaired) electrons. The molecule has 4 N–H and O–H groups in total. The zero-order valence-corrected chi connectivity index (χ0v) is 41.3. The smallest absolute Gasteiger partial charge is 0.325 e. The molecule has 0 bridgehead atoms. The third kappa shape index (κ3) is 11.4. The summed E-state index contributed by atoms with van der Waals surface area (Å²) in [7, 11) is 1.36. The molecule has 3 aliphatic heterocycles. The van der Waals surface area contributed by atoms with E-state index in [-0.39, 0.29) is 25.6 Å². The summed E-state index contributed by atoms with van der Waals surface area (Å²) in [6.07, 6.45) is 9.81. The Hall–Kier alpha value is -9.21. The predicted octanol–water partition coefficient (Wildman–Crippen LogP) is 1.32. The van der Waals surface area contributed by atoms with Crippen LogP contribution in [0.25, 0.3) is 68.0 Å². The number of fused-ring (bicyclic) bond motifs is 3. The van der Waals surface area contributed by atoms with Gasteiger partial charge in [-0.3, -0.25) is 29.3 Å². The van der Waals surface area contributed by atoms with Crippen molar-refractivity contribution in [1.82, 2.24) is 73.5 Å². The molecule has 0 saturated carbocycles. The Balaban J connectivity index is 0.000000130. The summed E-state index contributed by atoms with van der Waals surface area (Å²) in [5.41, 5.74) is 16.4. The quantitative estimate of drug-likeness (QED) is 0.163. The largest absolute Gasteiger partial charge is 0.468 e. The number of aromatic nitrogens is 15. The molecule has 0 unspecified atom stereocenters. The number of esters is 1. The fourth-order valence-corrected chi connectivity index (χ4v) is 8.60. The number of nitrogens with zero attached hydrogens (tertiary/aromatic N) is 18. The third-order valence-corrected chi connectivity index (χ3v) is 12.2. The molecule has 3 fully saturated rings. The first-order chi connectivity index (χ1) is 37.2. The lowest BCUT2D eigenvalue weighted by Crippen LogP contribution is -2.37. The molecule has 3 aliphatic rings. The molecule has 12 heterocycles. The van der Waals surface area contributed by atoms with E-state index in [0.29, 0.717) is 159 Å². The highest BCUT2D eigenvalue weighted by atomic mass is 16.5. The summed E-state index contributed by atoms with van der Waals surface area (Å²) < 4.78 is 26.2. The Bertz CT molecular complexity index is 3300. The number of hydrogen-bond acceptors (Lipinski definition) is 22. The van der Waals surface area contributed by atoms with Crippen LogP contribution in [0.3, 0.4) is 0 Å². The lowest BCUT2D eigenvalue weighted by molar-refractivity contribution is -0.141. The molecule has 0 aliphatic carbocycles. The van der Waals surface area contributed by atoms with E-state index in [0.717, 1.165) is 5.82 Å². The van der Waals surface area contributed by atoms with Crippen molar-refractivity contribution in [2.75, 3.05) is 101 Å². The van der Waals surface area contributed by atoms with E-state index in [4.69, 9.17) is 45.4 Å². The zero-order valence-electron chi connectivity index (χ0n) is 41.3. The van der Waals surface area contributed by atoms with E-state index in [1.807, 2.05) is 54.6 Å². The van der Waals surface area contributed by atoms with Crippen molar-refractivity contribution in [1.29, 1.82) is 0 Å². The van der Waals surface area contributed by atoms with Crippen molar-refractivity contribution < 1.29 is 33.3 Å². The van der Waals surface area contributed by atoms with Crippen LogP contribution >= 0.6 is 0 Å². The van der Waals surface area contributed by atoms with Crippen molar-refractivity contribution in [3.8, 4) is 34.6 Å². The summed E-state index contributed by atoms with van der Waals surface area (Å²) in [6.45, 7) is 8.05. The van der Waals surface area contributed by atoms with Crippen molar-refractivity contribution in [3.05, 3.63) is 92.2 Å². The van der Waals surface area contributed by atoms with Crippen molar-refractivity contribution in [3.63, 3.8) is 0 Å². The predicted molar refractivity (Wildman–Crippen MR) is 275 cm³/mol. The molecule has 76 heavy (non-hydrogen) atoms. The van der Waals surface area contributed by atoms with E-state index in [9.17, 15) is 14.4 Å². The second-order valence-electron chi connectivity index (χ2n) is 17.2. The minimum absolute atomic E-state index is 0.0279. The maximum absolute atomic E-state index is 11.7. The van der Waals surface area contributed by atoms with Gasteiger partial charge < -0.3 is 58.8 Å². The summed E-state index contributed by atoms with van der Waals surface area (Å²) in [4.78, 5) is 94.6. The van der Waals surface area contributed by atoms with Gasteiger partial charge in [0.15, 0.2) is 51.9 Å². The average Bonchev–Trinajstić information content (AvgIpc) is 4.21. The second-order valence-corrected chi connectivity index (χ2v) is 17.2. The highest BCUT2D eigenvalue weighted by molar-refractivity contribution is 5.89. The number of nitrogens with two attached hydrogens (primary N) is 2. The monoisotopic (exact) mass is 1030 g/mol. The molecule has 2 amide bonds. The number of rotatable bonds is 12. The van der Waals surface area contributed by atoms with Crippen LogP contribution in [-0.4, -0.2) is 177 Å². The van der Waals surface area contributed by atoms with Crippen LogP contribution in [0.1, 0.15) is 0 Å². The van der Waals surface area contributed by atoms with Crippen molar-refractivity contribution >= 4 is 68.7 Å². The summed E-state index contributed by atoms with van der Waals surface area (Å²) in [6, 6.07) is 16.7. The minimum Gasteiger partial charge on any atom is -0.468 e. The number of morpholine rings is 3. The standard InChI is InChI=1S/C17H18N6O3.2C16H17N7O2/c1-25-13(24)10-23-11-19-16-14(23)17(22-6-8-26-9-7-22)21-15(20-16)12-4-2-3-5-18-12;2*17-12(24)9-23-10-19-15-13(23)16(22-5-7-25-8-6-22)21-14(20-15)11-3-1-2-4-18-11/h2-5,11H,6-10H2,1H3;2*1-4,10H,5-9H2,(H2,17,24). The molecule has 12 rings (SSSR count). The first kappa shape index (κ1) is 50.3. The highest BCUT2D eigenvalue weighted by Gasteiger charge is 2.26. The third-order valence-electron chi connectivity index (χ3n) is 12.2. The number of anilines is 3. The Morgan fingerprint density at radius 1 is 0.461 bits per heavy atom. The SMILES string of the molecule is COC(=O)Cn1cnc2nc(-c3ccccn3)nc(N3CCOCC3)c21.NC(=O)Cn1cnc2nc(-c3ccccn3)nc(N3CCOCC3)c21.NC(=O)Cn1cnc2nc(-c3ccccn3)nc(N3CCOCC3)c21. The molecule has 390 valence electrons. The van der Waals surface area contributed by atoms with Gasteiger partial charge in [0.1, 0.15) is 53.3 Å². The maximum atomic E-state index is 11.7. The zero-order chi connectivity index (χ0) is 52.4. The van der Waals surface area contributed by atoms with Crippen LogP contribution in [-0.2, 0) is 53.0 Å². The second kappa shape index (κ2) is 23.3. The molecule has 9 aromatic heterocycles. The lowest BCUT2D eigenvalue weighted by Gasteiger charge is -2.28. The number of primary amides is 2. The summed E-state index contributed by atoms with van der Waals surface area (Å²) in [5.74, 6) is 2.41. The first-order valence-corrected chi connectivity index (χ1v) is 24.2. The molecule has 3 saturated heterocycles. The van der Waals surface area contributed by atoms with Gasteiger partial charge >= 0.3 is 5.97 Å². The van der Waals surface area contributed by atoms with Gasteiger partial charge in [0.05, 0.1) is 65.7 Å². The fraction of sp³-hybridized carbons (Fsp3) is 0.327. The van der Waals surface area contributed by atoms with E-state index in [1.165, 1.54) is 7.11 Å². The van der Waals surface area contributed by atoms with Gasteiger partial charge in [-0.25, -0.2) is 44.9 Å². The molecule has 27 heteroatoms. The van der Waals surface area contributed by atoms with Crippen molar-refractivity contribution in [2.24, 2.45) is 11.5 Å². The Morgan fingerprint density at radius 2 is 0.776 bits per heavy atom. The number of pyridine rings is 3.